The van der Waals surface area contributed by atoms with Gasteiger partial charge in [-0.1, -0.05) is 6.07 Å². The Labute approximate surface area is 81.7 Å². The lowest BCUT2D eigenvalue weighted by Crippen LogP contribution is -2.09. The maximum atomic E-state index is 13.1. The normalized spacial score (nSPS) is 12.3. The highest BCUT2D eigenvalue weighted by atomic mass is 19.1. The van der Waals surface area contributed by atoms with Crippen LogP contribution in [-0.4, -0.2) is 13.1 Å². The molecule has 1 aromatic rings. The first-order chi connectivity index (χ1) is 6.56. The van der Waals surface area contributed by atoms with Gasteiger partial charge in [-0.05, 0) is 24.6 Å². The van der Waals surface area contributed by atoms with Gasteiger partial charge in [-0.3, -0.25) is 0 Å². The summed E-state index contributed by atoms with van der Waals surface area (Å²) < 4.78 is 17.6. The van der Waals surface area contributed by atoms with Crippen LogP contribution >= 0.6 is 0 Å². The fourth-order valence-electron chi connectivity index (χ4n) is 1.09. The summed E-state index contributed by atoms with van der Waals surface area (Å²) in [4.78, 5) is 11.1. The molecule has 1 unspecified atom stereocenters. The van der Waals surface area contributed by atoms with Crippen LogP contribution in [0.2, 0.25) is 0 Å². The lowest BCUT2D eigenvalue weighted by atomic mass is 10.1. The number of hydrogen-bond donors (Lipinski definition) is 1. The van der Waals surface area contributed by atoms with E-state index in [0.717, 1.165) is 0 Å². The van der Waals surface area contributed by atoms with Crippen LogP contribution in [0.1, 0.15) is 28.9 Å². The summed E-state index contributed by atoms with van der Waals surface area (Å²) >= 11 is 0. The topological polar surface area (TPSA) is 52.3 Å². The number of benzene rings is 1. The van der Waals surface area contributed by atoms with Gasteiger partial charge in [-0.15, -0.1) is 0 Å². The highest BCUT2D eigenvalue weighted by molar-refractivity contribution is 5.89. The van der Waals surface area contributed by atoms with Crippen molar-refractivity contribution in [1.82, 2.24) is 0 Å². The van der Waals surface area contributed by atoms with Gasteiger partial charge in [0.2, 0.25) is 0 Å². The smallest absolute Gasteiger partial charge is 0.340 e. The molecule has 4 heteroatoms. The summed E-state index contributed by atoms with van der Waals surface area (Å²) in [6, 6.07) is 3.93. The Kier molecular flexibility index (Phi) is 3.19. The lowest BCUT2D eigenvalue weighted by molar-refractivity contribution is 0.0595. The first-order valence-corrected chi connectivity index (χ1v) is 4.19. The molecule has 0 fully saturated rings. The van der Waals surface area contributed by atoms with E-state index in [9.17, 15) is 9.18 Å². The van der Waals surface area contributed by atoms with Crippen LogP contribution in [-0.2, 0) is 4.74 Å². The third kappa shape index (κ3) is 2.09. The molecule has 0 bridgehead atoms. The molecule has 0 aliphatic rings. The van der Waals surface area contributed by atoms with Crippen molar-refractivity contribution >= 4 is 5.97 Å². The number of carbonyl (C=O) groups excluding carboxylic acids is 1. The van der Waals surface area contributed by atoms with Crippen molar-refractivity contribution in [2.24, 2.45) is 5.73 Å². The minimum Gasteiger partial charge on any atom is -0.465 e. The Morgan fingerprint density at radius 1 is 1.57 bits per heavy atom. The fraction of sp³-hybridized carbons (Fsp3) is 0.300. The zero-order chi connectivity index (χ0) is 10.7. The van der Waals surface area contributed by atoms with Crippen LogP contribution < -0.4 is 5.73 Å². The highest BCUT2D eigenvalue weighted by Gasteiger charge is 2.13. The van der Waals surface area contributed by atoms with Crippen LogP contribution in [0, 0.1) is 5.82 Å². The van der Waals surface area contributed by atoms with Gasteiger partial charge in [-0.2, -0.15) is 0 Å². The first kappa shape index (κ1) is 10.7. The van der Waals surface area contributed by atoms with Crippen LogP contribution in [0.3, 0.4) is 0 Å². The third-order valence-corrected chi connectivity index (χ3v) is 1.92. The van der Waals surface area contributed by atoms with Gasteiger partial charge in [0, 0.05) is 6.04 Å². The average Bonchev–Trinajstić information content (AvgIpc) is 2.17. The maximum absolute atomic E-state index is 13.1. The molecule has 1 atom stereocenters. The van der Waals surface area contributed by atoms with Crippen molar-refractivity contribution < 1.29 is 13.9 Å². The van der Waals surface area contributed by atoms with E-state index in [1.54, 1.807) is 13.0 Å². The molecule has 0 aliphatic heterocycles. The molecule has 0 radical (unpaired) electrons. The third-order valence-electron chi connectivity index (χ3n) is 1.92. The van der Waals surface area contributed by atoms with Gasteiger partial charge in [0.1, 0.15) is 5.82 Å². The maximum Gasteiger partial charge on any atom is 0.340 e. The van der Waals surface area contributed by atoms with Gasteiger partial charge >= 0.3 is 5.97 Å². The van der Waals surface area contributed by atoms with Crippen LogP contribution in [0.25, 0.3) is 0 Å². The summed E-state index contributed by atoms with van der Waals surface area (Å²) in [7, 11) is 1.21. The van der Waals surface area contributed by atoms with Crippen molar-refractivity contribution in [3.05, 3.63) is 35.1 Å². The molecule has 14 heavy (non-hydrogen) atoms. The summed E-state index contributed by atoms with van der Waals surface area (Å²) in [5.74, 6) is -1.29. The number of hydrogen-bond acceptors (Lipinski definition) is 3. The summed E-state index contributed by atoms with van der Waals surface area (Å²) in [5, 5.41) is 0. The van der Waals surface area contributed by atoms with Crippen LogP contribution in [0.15, 0.2) is 18.2 Å². The summed E-state index contributed by atoms with van der Waals surface area (Å²) in [5.41, 5.74) is 6.22. The molecule has 0 saturated heterocycles. The zero-order valence-corrected chi connectivity index (χ0v) is 8.08. The zero-order valence-electron chi connectivity index (χ0n) is 8.08. The van der Waals surface area contributed by atoms with Gasteiger partial charge < -0.3 is 10.5 Å². The van der Waals surface area contributed by atoms with Crippen LogP contribution in [0.5, 0.6) is 0 Å². The molecule has 0 aliphatic carbocycles. The Morgan fingerprint density at radius 3 is 2.71 bits per heavy atom. The molecular formula is C10H12FNO2. The largest absolute Gasteiger partial charge is 0.465 e. The molecular weight excluding hydrogens is 185 g/mol. The second kappa shape index (κ2) is 4.19. The van der Waals surface area contributed by atoms with Crippen LogP contribution in [0.4, 0.5) is 4.39 Å². The second-order valence-electron chi connectivity index (χ2n) is 3.02. The molecule has 2 N–H and O–H groups in total. The highest BCUT2D eigenvalue weighted by Crippen LogP contribution is 2.15. The molecule has 0 spiro atoms. The van der Waals surface area contributed by atoms with Gasteiger partial charge in [0.25, 0.3) is 0 Å². The standard InChI is InChI=1S/C10H12FNO2/c1-6(12)7-3-4-9(11)8(5-7)10(13)14-2/h3-6H,12H2,1-2H3. The second-order valence-corrected chi connectivity index (χ2v) is 3.02. The number of rotatable bonds is 2. The number of methoxy groups -OCH3 is 1. The van der Waals surface area contributed by atoms with E-state index in [2.05, 4.69) is 4.74 Å². The molecule has 1 rings (SSSR count). The fourth-order valence-corrected chi connectivity index (χ4v) is 1.09. The van der Waals surface area contributed by atoms with Crippen molar-refractivity contribution in [3.8, 4) is 0 Å². The van der Waals surface area contributed by atoms with E-state index >= 15 is 0 Å². The Bertz CT molecular complexity index is 350. The number of carbonyl (C=O) groups is 1. The minimum atomic E-state index is -0.690. The number of halogens is 1. The summed E-state index contributed by atoms with van der Waals surface area (Å²) in [6.07, 6.45) is 0. The Balaban J connectivity index is 3.15. The number of ether oxygens (including phenoxy) is 1. The van der Waals surface area contributed by atoms with Crippen molar-refractivity contribution in [1.29, 1.82) is 0 Å². The predicted molar refractivity (Wildman–Crippen MR) is 50.3 cm³/mol. The minimum absolute atomic E-state index is 0.0812. The number of esters is 1. The number of nitrogens with two attached hydrogens (primary N) is 1. The van der Waals surface area contributed by atoms with Gasteiger partial charge in [0.05, 0.1) is 12.7 Å². The molecule has 0 saturated carbocycles. The average molecular weight is 197 g/mol. The predicted octanol–water partition coefficient (Wildman–Crippen LogP) is 1.63. The molecule has 3 nitrogen and oxygen atoms in total. The van der Waals surface area contributed by atoms with E-state index in [4.69, 9.17) is 5.73 Å². The molecule has 0 heterocycles. The van der Waals surface area contributed by atoms with Crippen molar-refractivity contribution in [2.45, 2.75) is 13.0 Å². The van der Waals surface area contributed by atoms with E-state index in [1.165, 1.54) is 19.2 Å². The lowest BCUT2D eigenvalue weighted by Gasteiger charge is -2.07. The van der Waals surface area contributed by atoms with Crippen molar-refractivity contribution in [3.63, 3.8) is 0 Å². The van der Waals surface area contributed by atoms with Gasteiger partial charge in [-0.25, -0.2) is 9.18 Å². The molecule has 0 amide bonds. The molecule has 76 valence electrons. The Hall–Kier alpha value is -1.42. The quantitative estimate of drug-likeness (QED) is 0.733. The monoisotopic (exact) mass is 197 g/mol. The summed E-state index contributed by atoms with van der Waals surface area (Å²) in [6.45, 7) is 1.76. The molecule has 1 aromatic carbocycles. The van der Waals surface area contributed by atoms with Crippen molar-refractivity contribution in [2.75, 3.05) is 7.11 Å². The van der Waals surface area contributed by atoms with E-state index in [0.29, 0.717) is 5.56 Å². The molecule has 0 aromatic heterocycles. The van der Waals surface area contributed by atoms with E-state index < -0.39 is 11.8 Å². The van der Waals surface area contributed by atoms with Gasteiger partial charge in [0.15, 0.2) is 0 Å². The Morgan fingerprint density at radius 2 is 2.21 bits per heavy atom. The van der Waals surface area contributed by atoms with E-state index in [-0.39, 0.29) is 11.6 Å². The van der Waals surface area contributed by atoms with E-state index in [1.807, 2.05) is 0 Å². The first-order valence-electron chi connectivity index (χ1n) is 4.19. The SMILES string of the molecule is COC(=O)c1cc(C(C)N)ccc1F.